The molecule has 0 N–H and O–H groups in total. The lowest BCUT2D eigenvalue weighted by Gasteiger charge is -2.11. The first-order valence-corrected chi connectivity index (χ1v) is 9.15. The molecule has 0 spiro atoms. The fourth-order valence-corrected chi connectivity index (χ4v) is 3.71. The molecule has 0 aliphatic carbocycles. The van der Waals surface area contributed by atoms with Gasteiger partial charge in [-0.2, -0.15) is 0 Å². The Kier molecular flexibility index (Phi) is 4.22. The summed E-state index contributed by atoms with van der Waals surface area (Å²) in [6.07, 6.45) is 1.88. The number of anilines is 1. The predicted octanol–water partition coefficient (Wildman–Crippen LogP) is 3.09. The number of hydrogen-bond acceptors (Lipinski definition) is 5. The maximum Gasteiger partial charge on any atom is 0.276 e. The Morgan fingerprint density at radius 3 is 2.38 bits per heavy atom. The SMILES string of the molecule is CN(C)c1ccc(/C=c2\sc3nnc(-c4ccc(Cl)cc4)n3c2=O)cc1. The van der Waals surface area contributed by atoms with Crippen molar-refractivity contribution in [1.29, 1.82) is 0 Å². The van der Waals surface area contributed by atoms with Gasteiger partial charge < -0.3 is 4.90 Å². The number of aromatic nitrogens is 3. The normalized spacial score (nSPS) is 12.0. The smallest absolute Gasteiger partial charge is 0.276 e. The molecule has 4 aromatic rings. The fourth-order valence-electron chi connectivity index (χ4n) is 2.67. The van der Waals surface area contributed by atoms with Crippen molar-refractivity contribution in [2.45, 2.75) is 0 Å². The summed E-state index contributed by atoms with van der Waals surface area (Å²) >= 11 is 7.27. The van der Waals surface area contributed by atoms with Crippen LogP contribution in [0.2, 0.25) is 5.02 Å². The Morgan fingerprint density at radius 2 is 1.73 bits per heavy atom. The lowest BCUT2D eigenvalue weighted by Crippen LogP contribution is -2.23. The first-order chi connectivity index (χ1) is 12.5. The molecule has 130 valence electrons. The van der Waals surface area contributed by atoms with Gasteiger partial charge in [0.1, 0.15) is 0 Å². The molecule has 0 saturated carbocycles. The van der Waals surface area contributed by atoms with Crippen molar-refractivity contribution in [2.75, 3.05) is 19.0 Å². The third-order valence-electron chi connectivity index (χ3n) is 4.06. The zero-order chi connectivity index (χ0) is 18.3. The summed E-state index contributed by atoms with van der Waals surface area (Å²) in [5, 5.41) is 8.94. The van der Waals surface area contributed by atoms with Crippen LogP contribution in [0, 0.1) is 0 Å². The monoisotopic (exact) mass is 382 g/mol. The van der Waals surface area contributed by atoms with E-state index in [1.807, 2.05) is 61.5 Å². The van der Waals surface area contributed by atoms with Crippen LogP contribution in [0.5, 0.6) is 0 Å². The van der Waals surface area contributed by atoms with Crippen LogP contribution >= 0.6 is 22.9 Å². The van der Waals surface area contributed by atoms with Gasteiger partial charge in [0.2, 0.25) is 4.96 Å². The summed E-state index contributed by atoms with van der Waals surface area (Å²) < 4.78 is 2.18. The lowest BCUT2D eigenvalue weighted by atomic mass is 10.2. The minimum Gasteiger partial charge on any atom is -0.378 e. The molecule has 2 aromatic heterocycles. The van der Waals surface area contributed by atoms with Crippen LogP contribution in [0.15, 0.2) is 53.3 Å². The highest BCUT2D eigenvalue weighted by Crippen LogP contribution is 2.20. The van der Waals surface area contributed by atoms with Gasteiger partial charge in [-0.1, -0.05) is 35.1 Å². The number of nitrogens with zero attached hydrogens (tertiary/aromatic N) is 4. The van der Waals surface area contributed by atoms with Gasteiger partial charge in [0, 0.05) is 30.4 Å². The van der Waals surface area contributed by atoms with Gasteiger partial charge in [-0.05, 0) is 48.0 Å². The second kappa shape index (κ2) is 6.55. The summed E-state index contributed by atoms with van der Waals surface area (Å²) in [6.45, 7) is 0. The molecule has 0 unspecified atom stereocenters. The zero-order valence-electron chi connectivity index (χ0n) is 14.2. The van der Waals surface area contributed by atoms with Crippen LogP contribution in [0.25, 0.3) is 22.4 Å². The van der Waals surface area contributed by atoms with Gasteiger partial charge in [-0.25, -0.2) is 4.40 Å². The van der Waals surface area contributed by atoms with Crippen molar-refractivity contribution in [1.82, 2.24) is 14.6 Å². The summed E-state index contributed by atoms with van der Waals surface area (Å²) in [5.41, 5.74) is 2.77. The van der Waals surface area contributed by atoms with E-state index < -0.39 is 0 Å². The molecule has 0 saturated heterocycles. The molecular formula is C19H15ClN4OS. The summed E-state index contributed by atoms with van der Waals surface area (Å²) in [5.74, 6) is 0.528. The minimum absolute atomic E-state index is 0.114. The van der Waals surface area contributed by atoms with Crippen LogP contribution in [-0.2, 0) is 0 Å². The van der Waals surface area contributed by atoms with E-state index in [2.05, 4.69) is 10.2 Å². The third kappa shape index (κ3) is 2.98. The van der Waals surface area contributed by atoms with Gasteiger partial charge in [0.05, 0.1) is 4.53 Å². The molecule has 5 nitrogen and oxygen atoms in total. The molecule has 7 heteroatoms. The van der Waals surface area contributed by atoms with E-state index in [0.29, 0.717) is 20.3 Å². The minimum atomic E-state index is -0.114. The first-order valence-electron chi connectivity index (χ1n) is 7.96. The summed E-state index contributed by atoms with van der Waals surface area (Å²) in [6, 6.07) is 15.2. The van der Waals surface area contributed by atoms with Gasteiger partial charge in [0.25, 0.3) is 5.56 Å². The standard InChI is InChI=1S/C19H15ClN4OS/c1-23(2)15-9-3-12(4-10-15)11-16-18(25)24-17(21-22-19(24)26-16)13-5-7-14(20)8-6-13/h3-11H,1-2H3/b16-11-. The Balaban J connectivity index is 1.81. The molecule has 2 aromatic carbocycles. The highest BCUT2D eigenvalue weighted by atomic mass is 35.5. The lowest BCUT2D eigenvalue weighted by molar-refractivity contribution is 1.09. The first kappa shape index (κ1) is 16.8. The molecule has 0 atom stereocenters. The Morgan fingerprint density at radius 1 is 1.04 bits per heavy atom. The molecule has 0 aliphatic heterocycles. The second-order valence-electron chi connectivity index (χ2n) is 6.05. The molecule has 26 heavy (non-hydrogen) atoms. The molecule has 4 rings (SSSR count). The van der Waals surface area contributed by atoms with E-state index in [9.17, 15) is 4.79 Å². The van der Waals surface area contributed by atoms with Crippen molar-refractivity contribution in [3.8, 4) is 11.4 Å². The third-order valence-corrected chi connectivity index (χ3v) is 5.27. The maximum atomic E-state index is 12.9. The Bertz CT molecular complexity index is 1180. The number of rotatable bonds is 3. The molecule has 0 amide bonds. The van der Waals surface area contributed by atoms with Crippen molar-refractivity contribution in [3.63, 3.8) is 0 Å². The van der Waals surface area contributed by atoms with E-state index in [4.69, 9.17) is 11.6 Å². The molecule has 0 bridgehead atoms. The largest absolute Gasteiger partial charge is 0.378 e. The zero-order valence-corrected chi connectivity index (χ0v) is 15.8. The highest BCUT2D eigenvalue weighted by molar-refractivity contribution is 7.15. The van der Waals surface area contributed by atoms with E-state index in [1.54, 1.807) is 16.5 Å². The van der Waals surface area contributed by atoms with Crippen LogP contribution in [-0.4, -0.2) is 28.7 Å². The predicted molar refractivity (Wildman–Crippen MR) is 107 cm³/mol. The quantitative estimate of drug-likeness (QED) is 0.546. The number of thiazole rings is 1. The van der Waals surface area contributed by atoms with Crippen molar-refractivity contribution in [2.24, 2.45) is 0 Å². The van der Waals surface area contributed by atoms with Crippen molar-refractivity contribution in [3.05, 3.63) is 74.0 Å². The molecule has 2 heterocycles. The number of benzene rings is 2. The molecule has 0 aliphatic rings. The van der Waals surface area contributed by atoms with Crippen molar-refractivity contribution < 1.29 is 0 Å². The van der Waals surface area contributed by atoms with Gasteiger partial charge in [-0.15, -0.1) is 10.2 Å². The van der Waals surface area contributed by atoms with Crippen LogP contribution in [0.4, 0.5) is 5.69 Å². The van der Waals surface area contributed by atoms with Gasteiger partial charge in [0.15, 0.2) is 5.82 Å². The topological polar surface area (TPSA) is 50.5 Å². The van der Waals surface area contributed by atoms with Crippen LogP contribution in [0.1, 0.15) is 5.56 Å². The highest BCUT2D eigenvalue weighted by Gasteiger charge is 2.14. The molecular weight excluding hydrogens is 368 g/mol. The number of halogens is 1. The maximum absolute atomic E-state index is 12.9. The van der Waals surface area contributed by atoms with Crippen LogP contribution < -0.4 is 15.0 Å². The summed E-state index contributed by atoms with van der Waals surface area (Å²) in [4.78, 5) is 15.5. The van der Waals surface area contributed by atoms with Crippen LogP contribution in [0.3, 0.4) is 0 Å². The second-order valence-corrected chi connectivity index (χ2v) is 7.50. The van der Waals surface area contributed by atoms with E-state index >= 15 is 0 Å². The van der Waals surface area contributed by atoms with E-state index in [1.165, 1.54) is 11.3 Å². The average Bonchev–Trinajstić information content (AvgIpc) is 3.17. The Hall–Kier alpha value is -2.70. The van der Waals surface area contributed by atoms with Crippen molar-refractivity contribution >= 4 is 39.7 Å². The van der Waals surface area contributed by atoms with Gasteiger partial charge in [-0.3, -0.25) is 4.79 Å². The average molecular weight is 383 g/mol. The Labute approximate surface area is 158 Å². The van der Waals surface area contributed by atoms with Gasteiger partial charge >= 0.3 is 0 Å². The summed E-state index contributed by atoms with van der Waals surface area (Å²) in [7, 11) is 3.99. The molecule has 0 radical (unpaired) electrons. The number of fused-ring (bicyclic) bond motifs is 1. The van der Waals surface area contributed by atoms with E-state index in [0.717, 1.165) is 16.8 Å². The number of hydrogen-bond donors (Lipinski definition) is 0. The molecule has 0 fully saturated rings. The fraction of sp³-hybridized carbons (Fsp3) is 0.105. The van der Waals surface area contributed by atoms with E-state index in [-0.39, 0.29) is 5.56 Å².